The van der Waals surface area contributed by atoms with Gasteiger partial charge >= 0.3 is 5.97 Å². The van der Waals surface area contributed by atoms with Gasteiger partial charge in [0, 0.05) is 10.5 Å². The summed E-state index contributed by atoms with van der Waals surface area (Å²) in [5.74, 6) is -0.474. The molecular formula is C17H14BrFO4. The van der Waals surface area contributed by atoms with Crippen LogP contribution in [0.2, 0.25) is 0 Å². The average molecular weight is 381 g/mol. The molecule has 0 heterocycles. The van der Waals surface area contributed by atoms with Gasteiger partial charge in [-0.05, 0) is 42.8 Å². The molecular weight excluding hydrogens is 367 g/mol. The molecule has 0 aromatic heterocycles. The maximum atomic E-state index is 13.7. The Bertz CT molecular complexity index is 731. The van der Waals surface area contributed by atoms with Crippen LogP contribution < -0.4 is 4.74 Å². The molecule has 0 saturated carbocycles. The predicted molar refractivity (Wildman–Crippen MR) is 86.3 cm³/mol. The van der Waals surface area contributed by atoms with Crippen LogP contribution in [0.5, 0.6) is 11.5 Å². The molecule has 23 heavy (non-hydrogen) atoms. The largest absolute Gasteiger partial charge is 0.466 e. The van der Waals surface area contributed by atoms with Crippen molar-refractivity contribution in [1.29, 1.82) is 0 Å². The van der Waals surface area contributed by atoms with Crippen LogP contribution >= 0.6 is 15.9 Å². The minimum Gasteiger partial charge on any atom is -0.466 e. The fraction of sp³-hybridized carbons (Fsp3) is 0.176. The Morgan fingerprint density at radius 3 is 2.74 bits per heavy atom. The molecule has 0 N–H and O–H groups in total. The van der Waals surface area contributed by atoms with Gasteiger partial charge in [0.25, 0.3) is 0 Å². The van der Waals surface area contributed by atoms with Crippen LogP contribution in [-0.2, 0) is 16.0 Å². The summed E-state index contributed by atoms with van der Waals surface area (Å²) in [6.07, 6.45) is 0.599. The van der Waals surface area contributed by atoms with E-state index in [1.54, 1.807) is 25.1 Å². The number of halogens is 2. The second-order valence-corrected chi connectivity index (χ2v) is 5.59. The van der Waals surface area contributed by atoms with Crippen molar-refractivity contribution >= 4 is 28.2 Å². The van der Waals surface area contributed by atoms with Crippen molar-refractivity contribution in [3.05, 3.63) is 57.8 Å². The molecule has 2 rings (SSSR count). The normalized spacial score (nSPS) is 10.2. The van der Waals surface area contributed by atoms with Crippen molar-refractivity contribution in [2.45, 2.75) is 13.3 Å². The van der Waals surface area contributed by atoms with Crippen LogP contribution in [0.3, 0.4) is 0 Å². The summed E-state index contributed by atoms with van der Waals surface area (Å²) in [6, 6.07) is 8.87. The summed E-state index contributed by atoms with van der Waals surface area (Å²) in [5.41, 5.74) is 0.763. The Morgan fingerprint density at radius 2 is 2.04 bits per heavy atom. The highest BCUT2D eigenvalue weighted by atomic mass is 79.9. The number of hydrogen-bond donors (Lipinski definition) is 0. The number of rotatable bonds is 6. The van der Waals surface area contributed by atoms with Crippen molar-refractivity contribution in [3.8, 4) is 11.5 Å². The molecule has 0 unspecified atom stereocenters. The Balaban J connectivity index is 2.25. The van der Waals surface area contributed by atoms with Crippen molar-refractivity contribution in [3.63, 3.8) is 0 Å². The molecule has 2 aromatic rings. The van der Waals surface area contributed by atoms with Gasteiger partial charge in [0.2, 0.25) is 0 Å². The predicted octanol–water partition coefficient (Wildman–Crippen LogP) is 4.30. The highest BCUT2D eigenvalue weighted by Gasteiger charge is 2.10. The zero-order valence-electron chi connectivity index (χ0n) is 12.3. The van der Waals surface area contributed by atoms with Gasteiger partial charge in [0.15, 0.2) is 6.29 Å². The highest BCUT2D eigenvalue weighted by Crippen LogP contribution is 2.28. The summed E-state index contributed by atoms with van der Waals surface area (Å²) in [6.45, 7) is 1.96. The lowest BCUT2D eigenvalue weighted by Crippen LogP contribution is -2.07. The molecule has 0 aliphatic rings. The van der Waals surface area contributed by atoms with E-state index in [1.165, 1.54) is 18.2 Å². The zero-order valence-corrected chi connectivity index (χ0v) is 13.9. The topological polar surface area (TPSA) is 52.6 Å². The van der Waals surface area contributed by atoms with Crippen molar-refractivity contribution in [2.24, 2.45) is 0 Å². The second kappa shape index (κ2) is 7.87. The first-order chi connectivity index (χ1) is 11.0. The van der Waals surface area contributed by atoms with Crippen LogP contribution in [0.4, 0.5) is 4.39 Å². The number of esters is 1. The molecule has 0 atom stereocenters. The van der Waals surface area contributed by atoms with E-state index in [-0.39, 0.29) is 18.8 Å². The SMILES string of the molecule is CCOC(=O)Cc1cc(F)cc(Oc2ccc(Br)cc2C=O)c1. The van der Waals surface area contributed by atoms with Gasteiger partial charge in [-0.3, -0.25) is 9.59 Å². The number of ether oxygens (including phenoxy) is 2. The molecule has 0 aliphatic carbocycles. The number of carbonyl (C=O) groups excluding carboxylic acids is 2. The quantitative estimate of drug-likeness (QED) is 0.553. The Kier molecular flexibility index (Phi) is 5.87. The summed E-state index contributed by atoms with van der Waals surface area (Å²) in [5, 5.41) is 0. The first-order valence-corrected chi connectivity index (χ1v) is 7.68. The van der Waals surface area contributed by atoms with E-state index in [0.717, 1.165) is 4.47 Å². The Morgan fingerprint density at radius 1 is 1.26 bits per heavy atom. The standard InChI is InChI=1S/C17H14BrFO4/c1-2-22-17(21)7-11-5-14(19)9-15(6-11)23-16-4-3-13(18)8-12(16)10-20/h3-6,8-10H,2,7H2,1H3. The van der Waals surface area contributed by atoms with Crippen LogP contribution in [0.1, 0.15) is 22.8 Å². The van der Waals surface area contributed by atoms with Gasteiger partial charge < -0.3 is 9.47 Å². The van der Waals surface area contributed by atoms with Gasteiger partial charge in [0.05, 0.1) is 18.6 Å². The summed E-state index contributed by atoms with van der Waals surface area (Å²) >= 11 is 3.26. The maximum absolute atomic E-state index is 13.7. The van der Waals surface area contributed by atoms with Gasteiger partial charge in [-0.15, -0.1) is 0 Å². The molecule has 6 heteroatoms. The van der Waals surface area contributed by atoms with Crippen molar-refractivity contribution in [1.82, 2.24) is 0 Å². The van der Waals surface area contributed by atoms with Crippen LogP contribution in [-0.4, -0.2) is 18.9 Å². The van der Waals surface area contributed by atoms with Gasteiger partial charge in [-0.25, -0.2) is 4.39 Å². The van der Waals surface area contributed by atoms with E-state index < -0.39 is 11.8 Å². The molecule has 2 aromatic carbocycles. The van der Waals surface area contributed by atoms with Crippen LogP contribution in [0.25, 0.3) is 0 Å². The smallest absolute Gasteiger partial charge is 0.310 e. The molecule has 4 nitrogen and oxygen atoms in total. The van der Waals surface area contributed by atoms with Gasteiger partial charge in [-0.2, -0.15) is 0 Å². The van der Waals surface area contributed by atoms with E-state index in [1.807, 2.05) is 0 Å². The highest BCUT2D eigenvalue weighted by molar-refractivity contribution is 9.10. The van der Waals surface area contributed by atoms with Crippen molar-refractivity contribution in [2.75, 3.05) is 6.61 Å². The molecule has 0 bridgehead atoms. The summed E-state index contributed by atoms with van der Waals surface area (Å²) < 4.78 is 24.8. The zero-order chi connectivity index (χ0) is 16.8. The van der Waals surface area contributed by atoms with Crippen LogP contribution in [0.15, 0.2) is 40.9 Å². The fourth-order valence-corrected chi connectivity index (χ4v) is 2.37. The third-order valence-electron chi connectivity index (χ3n) is 2.91. The number of carbonyl (C=O) groups is 2. The first kappa shape index (κ1) is 17.1. The molecule has 0 amide bonds. The summed E-state index contributed by atoms with van der Waals surface area (Å²) in [7, 11) is 0. The summed E-state index contributed by atoms with van der Waals surface area (Å²) in [4.78, 5) is 22.6. The lowest BCUT2D eigenvalue weighted by atomic mass is 10.1. The Hall–Kier alpha value is -2.21. The van der Waals surface area contributed by atoms with Crippen LogP contribution in [0, 0.1) is 5.82 Å². The lowest BCUT2D eigenvalue weighted by molar-refractivity contribution is -0.142. The molecule has 0 aliphatic heterocycles. The second-order valence-electron chi connectivity index (χ2n) is 4.68. The van der Waals surface area contributed by atoms with E-state index in [4.69, 9.17) is 9.47 Å². The maximum Gasteiger partial charge on any atom is 0.310 e. The van der Waals surface area contributed by atoms with Crippen molar-refractivity contribution < 1.29 is 23.5 Å². The minimum absolute atomic E-state index is 0.0527. The number of hydrogen-bond acceptors (Lipinski definition) is 4. The van der Waals surface area contributed by atoms with E-state index in [0.29, 0.717) is 23.2 Å². The van der Waals surface area contributed by atoms with E-state index in [9.17, 15) is 14.0 Å². The van der Waals surface area contributed by atoms with Gasteiger partial charge in [0.1, 0.15) is 17.3 Å². The monoisotopic (exact) mass is 380 g/mol. The molecule has 0 radical (unpaired) electrons. The first-order valence-electron chi connectivity index (χ1n) is 6.89. The third kappa shape index (κ3) is 4.89. The fourth-order valence-electron chi connectivity index (χ4n) is 1.99. The van der Waals surface area contributed by atoms with Gasteiger partial charge in [-0.1, -0.05) is 15.9 Å². The molecule has 0 fully saturated rings. The average Bonchev–Trinajstić information content (AvgIpc) is 2.48. The lowest BCUT2D eigenvalue weighted by Gasteiger charge is -2.10. The molecule has 0 saturated heterocycles. The molecule has 0 spiro atoms. The van der Waals surface area contributed by atoms with E-state index in [2.05, 4.69) is 15.9 Å². The minimum atomic E-state index is -0.536. The third-order valence-corrected chi connectivity index (χ3v) is 3.40. The Labute approximate surface area is 141 Å². The number of benzene rings is 2. The van der Waals surface area contributed by atoms with E-state index >= 15 is 0 Å². The number of aldehydes is 1. The molecule has 120 valence electrons.